The van der Waals surface area contributed by atoms with Crippen LogP contribution in [0.3, 0.4) is 0 Å². The van der Waals surface area contributed by atoms with E-state index in [9.17, 15) is 21.6 Å². The summed E-state index contributed by atoms with van der Waals surface area (Å²) >= 11 is 5.46. The zero-order valence-electron chi connectivity index (χ0n) is 10.8. The van der Waals surface area contributed by atoms with Crippen LogP contribution in [0.4, 0.5) is 13.2 Å². The Labute approximate surface area is 125 Å². The number of halogens is 4. The highest BCUT2D eigenvalue weighted by atomic mass is 35.5. The molecule has 1 aliphatic heterocycles. The Bertz CT molecular complexity index is 613. The molecule has 9 heteroatoms. The zero-order chi connectivity index (χ0) is 15.7. The van der Waals surface area contributed by atoms with Gasteiger partial charge in [-0.1, -0.05) is 11.6 Å². The third-order valence-electron chi connectivity index (χ3n) is 3.14. The molecule has 0 saturated carbocycles. The normalized spacial score (nSPS) is 19.9. The van der Waals surface area contributed by atoms with Gasteiger partial charge in [-0.2, -0.15) is 13.2 Å². The summed E-state index contributed by atoms with van der Waals surface area (Å²) in [7, 11) is -4.01. The van der Waals surface area contributed by atoms with E-state index in [-0.39, 0.29) is 12.5 Å². The molecule has 1 saturated heterocycles. The molecular weight excluding hydrogens is 331 g/mol. The van der Waals surface area contributed by atoms with Crippen molar-refractivity contribution >= 4 is 21.6 Å². The van der Waals surface area contributed by atoms with Crippen molar-refractivity contribution in [1.82, 2.24) is 4.72 Å². The van der Waals surface area contributed by atoms with Gasteiger partial charge in [-0.05, 0) is 30.5 Å². The SMILES string of the molecule is O=S(=O)(NC[C@@H]1CCOC1)c1ccc(Cl)c(C(F)(F)F)c1. The Morgan fingerprint density at radius 3 is 2.67 bits per heavy atom. The van der Waals surface area contributed by atoms with Crippen molar-refractivity contribution in [3.63, 3.8) is 0 Å². The molecule has 1 N–H and O–H groups in total. The molecule has 1 fully saturated rings. The Morgan fingerprint density at radius 2 is 2.10 bits per heavy atom. The third-order valence-corrected chi connectivity index (χ3v) is 4.89. The molecule has 0 spiro atoms. The maximum Gasteiger partial charge on any atom is 0.417 e. The topological polar surface area (TPSA) is 55.4 Å². The van der Waals surface area contributed by atoms with E-state index in [0.717, 1.165) is 18.6 Å². The molecule has 0 amide bonds. The summed E-state index contributed by atoms with van der Waals surface area (Å²) in [5, 5.41) is -0.536. The molecule has 0 radical (unpaired) electrons. The van der Waals surface area contributed by atoms with Crippen molar-refractivity contribution < 1.29 is 26.3 Å². The van der Waals surface area contributed by atoms with Gasteiger partial charge in [0.15, 0.2) is 0 Å². The summed E-state index contributed by atoms with van der Waals surface area (Å²) in [4.78, 5) is -0.460. The van der Waals surface area contributed by atoms with Crippen molar-refractivity contribution in [2.45, 2.75) is 17.5 Å². The molecule has 0 aromatic heterocycles. The highest BCUT2D eigenvalue weighted by Gasteiger charge is 2.34. The van der Waals surface area contributed by atoms with Gasteiger partial charge in [-0.3, -0.25) is 0 Å². The summed E-state index contributed by atoms with van der Waals surface area (Å²) in [5.41, 5.74) is -1.17. The van der Waals surface area contributed by atoms with E-state index >= 15 is 0 Å². The lowest BCUT2D eigenvalue weighted by atomic mass is 10.1. The van der Waals surface area contributed by atoms with Crippen LogP contribution >= 0.6 is 11.6 Å². The van der Waals surface area contributed by atoms with E-state index in [2.05, 4.69) is 4.72 Å². The van der Waals surface area contributed by atoms with Crippen molar-refractivity contribution in [3.05, 3.63) is 28.8 Å². The van der Waals surface area contributed by atoms with Crippen LogP contribution in [0.2, 0.25) is 5.02 Å². The molecule has 0 unspecified atom stereocenters. The van der Waals surface area contributed by atoms with Gasteiger partial charge in [-0.25, -0.2) is 13.1 Å². The van der Waals surface area contributed by atoms with E-state index in [0.29, 0.717) is 19.3 Å². The predicted molar refractivity (Wildman–Crippen MR) is 70.6 cm³/mol. The lowest BCUT2D eigenvalue weighted by Crippen LogP contribution is -2.29. The minimum atomic E-state index is -4.71. The molecule has 118 valence electrons. The van der Waals surface area contributed by atoms with E-state index in [1.54, 1.807) is 0 Å². The van der Waals surface area contributed by atoms with Crippen LogP contribution in [-0.4, -0.2) is 28.2 Å². The maximum atomic E-state index is 12.7. The van der Waals surface area contributed by atoms with Gasteiger partial charge >= 0.3 is 6.18 Å². The molecule has 0 aliphatic carbocycles. The first-order valence-electron chi connectivity index (χ1n) is 6.14. The molecule has 4 nitrogen and oxygen atoms in total. The summed E-state index contributed by atoms with van der Waals surface area (Å²) in [6.07, 6.45) is -3.99. The predicted octanol–water partition coefficient (Wildman–Crippen LogP) is 2.67. The molecule has 0 bridgehead atoms. The molecule has 1 aromatic rings. The Kier molecular flexibility index (Phi) is 4.82. The monoisotopic (exact) mass is 343 g/mol. The van der Waals surface area contributed by atoms with Gasteiger partial charge in [0.05, 0.1) is 22.1 Å². The molecule has 21 heavy (non-hydrogen) atoms. The van der Waals surface area contributed by atoms with E-state index < -0.39 is 31.7 Å². The van der Waals surface area contributed by atoms with Crippen molar-refractivity contribution in [2.75, 3.05) is 19.8 Å². The second kappa shape index (κ2) is 6.12. The lowest BCUT2D eigenvalue weighted by molar-refractivity contribution is -0.137. The smallest absolute Gasteiger partial charge is 0.381 e. The fraction of sp³-hybridized carbons (Fsp3) is 0.500. The van der Waals surface area contributed by atoms with Gasteiger partial charge in [0.25, 0.3) is 0 Å². The Morgan fingerprint density at radius 1 is 1.38 bits per heavy atom. The molecule has 1 heterocycles. The number of hydrogen-bond donors (Lipinski definition) is 1. The van der Waals surface area contributed by atoms with Crippen molar-refractivity contribution in [2.24, 2.45) is 5.92 Å². The number of hydrogen-bond acceptors (Lipinski definition) is 3. The number of nitrogens with one attached hydrogen (secondary N) is 1. The van der Waals surface area contributed by atoms with Gasteiger partial charge in [0.2, 0.25) is 10.0 Å². The van der Waals surface area contributed by atoms with Gasteiger partial charge in [0, 0.05) is 13.2 Å². The minimum Gasteiger partial charge on any atom is -0.381 e. The fourth-order valence-corrected chi connectivity index (χ4v) is 3.31. The average Bonchev–Trinajstić information content (AvgIpc) is 2.88. The zero-order valence-corrected chi connectivity index (χ0v) is 12.4. The largest absolute Gasteiger partial charge is 0.417 e. The summed E-state index contributed by atoms with van der Waals surface area (Å²) < 4.78 is 69.6. The van der Waals surface area contributed by atoms with Crippen LogP contribution in [0.5, 0.6) is 0 Å². The molecule has 1 atom stereocenters. The quantitative estimate of drug-likeness (QED) is 0.914. The van der Waals surface area contributed by atoms with Crippen LogP contribution in [0, 0.1) is 5.92 Å². The number of ether oxygens (including phenoxy) is 1. The van der Waals surface area contributed by atoms with Crippen molar-refractivity contribution in [1.29, 1.82) is 0 Å². The van der Waals surface area contributed by atoms with Gasteiger partial charge in [0.1, 0.15) is 0 Å². The highest BCUT2D eigenvalue weighted by Crippen LogP contribution is 2.35. The second-order valence-electron chi connectivity index (χ2n) is 4.72. The Hall–Kier alpha value is -0.830. The van der Waals surface area contributed by atoms with Crippen LogP contribution in [0.1, 0.15) is 12.0 Å². The minimum absolute atomic E-state index is 0.0363. The van der Waals surface area contributed by atoms with Crippen LogP contribution in [0.25, 0.3) is 0 Å². The first kappa shape index (κ1) is 16.5. The van der Waals surface area contributed by atoms with E-state index in [4.69, 9.17) is 16.3 Å². The Balaban J connectivity index is 2.19. The lowest BCUT2D eigenvalue weighted by Gasteiger charge is -2.13. The molecule has 2 rings (SSSR count). The average molecular weight is 344 g/mol. The van der Waals surface area contributed by atoms with E-state index in [1.807, 2.05) is 0 Å². The van der Waals surface area contributed by atoms with Gasteiger partial charge < -0.3 is 4.74 Å². The summed E-state index contributed by atoms with van der Waals surface area (Å²) in [5.74, 6) is 0.0363. The van der Waals surface area contributed by atoms with E-state index in [1.165, 1.54) is 0 Å². The fourth-order valence-electron chi connectivity index (χ4n) is 1.94. The van der Waals surface area contributed by atoms with Crippen molar-refractivity contribution in [3.8, 4) is 0 Å². The summed E-state index contributed by atoms with van der Waals surface area (Å²) in [6, 6.07) is 2.51. The number of sulfonamides is 1. The van der Waals surface area contributed by atoms with Crippen LogP contribution < -0.4 is 4.72 Å². The first-order chi connectivity index (χ1) is 9.70. The number of benzene rings is 1. The van der Waals surface area contributed by atoms with Gasteiger partial charge in [-0.15, -0.1) is 0 Å². The highest BCUT2D eigenvalue weighted by molar-refractivity contribution is 7.89. The van der Waals surface area contributed by atoms with Crippen LogP contribution in [0.15, 0.2) is 23.1 Å². The van der Waals surface area contributed by atoms with Crippen LogP contribution in [-0.2, 0) is 20.9 Å². The first-order valence-corrected chi connectivity index (χ1v) is 8.00. The summed E-state index contributed by atoms with van der Waals surface area (Å²) in [6.45, 7) is 1.13. The number of alkyl halides is 3. The second-order valence-corrected chi connectivity index (χ2v) is 6.90. The maximum absolute atomic E-state index is 12.7. The third kappa shape index (κ3) is 4.09. The molecule has 1 aromatic carbocycles. The molecular formula is C12H13ClF3NO3S. The number of rotatable bonds is 4. The molecule has 1 aliphatic rings. The standard InChI is InChI=1S/C12H13ClF3NO3S/c13-11-2-1-9(5-10(11)12(14,15)16)21(18,19)17-6-8-3-4-20-7-8/h1-2,5,8,17H,3-4,6-7H2/t8-/m0/s1.